The molecular weight excluding hydrogens is 212 g/mol. The van der Waals surface area contributed by atoms with E-state index in [2.05, 4.69) is 9.97 Å². The lowest BCUT2D eigenvalue weighted by molar-refractivity contribution is 1.26. The molecule has 2 heterocycles. The maximum atomic E-state index is 11.5. The Morgan fingerprint density at radius 3 is 2.73 bits per heavy atom. The molecule has 0 saturated carbocycles. The van der Waals surface area contributed by atoms with Gasteiger partial charge in [0.1, 0.15) is 5.52 Å². The van der Waals surface area contributed by atoms with Crippen LogP contribution in [0.25, 0.3) is 21.8 Å². The molecule has 0 fully saturated rings. The van der Waals surface area contributed by atoms with Gasteiger partial charge in [0.25, 0.3) is 5.56 Å². The summed E-state index contributed by atoms with van der Waals surface area (Å²) in [7, 11) is 0. The van der Waals surface area contributed by atoms with Gasteiger partial charge < -0.3 is 9.97 Å². The summed E-state index contributed by atoms with van der Waals surface area (Å²) in [5.41, 5.74) is 1.26. The van der Waals surface area contributed by atoms with Crippen molar-refractivity contribution in [3.05, 3.63) is 45.8 Å². The van der Waals surface area contributed by atoms with Crippen molar-refractivity contribution in [1.82, 2.24) is 9.97 Å². The van der Waals surface area contributed by atoms with E-state index in [9.17, 15) is 4.79 Å². The highest BCUT2D eigenvalue weighted by Crippen LogP contribution is 2.27. The predicted molar refractivity (Wildman–Crippen MR) is 61.4 cm³/mol. The van der Waals surface area contributed by atoms with Crippen molar-refractivity contribution < 1.29 is 0 Å². The van der Waals surface area contributed by atoms with E-state index < -0.39 is 0 Å². The Labute approximate surface area is 89.7 Å². The van der Waals surface area contributed by atoms with Gasteiger partial charge in [0.15, 0.2) is 0 Å². The summed E-state index contributed by atoms with van der Waals surface area (Å²) < 4.78 is 0. The summed E-state index contributed by atoms with van der Waals surface area (Å²) in [5.74, 6) is 0. The number of pyridine rings is 1. The van der Waals surface area contributed by atoms with E-state index in [1.807, 2.05) is 18.2 Å². The lowest BCUT2D eigenvalue weighted by Crippen LogP contribution is -2.03. The molecular formula is C11H7ClN2O. The second-order valence-electron chi connectivity index (χ2n) is 3.38. The Kier molecular flexibility index (Phi) is 1.64. The van der Waals surface area contributed by atoms with Crippen LogP contribution in [0.15, 0.2) is 35.3 Å². The number of para-hydroxylation sites is 1. The van der Waals surface area contributed by atoms with Crippen LogP contribution in [0, 0.1) is 0 Å². The lowest BCUT2D eigenvalue weighted by atomic mass is 10.2. The van der Waals surface area contributed by atoms with E-state index >= 15 is 0 Å². The zero-order chi connectivity index (χ0) is 10.4. The van der Waals surface area contributed by atoms with Crippen molar-refractivity contribution in [1.29, 1.82) is 0 Å². The summed E-state index contributed by atoms with van der Waals surface area (Å²) in [6, 6.07) is 7.48. The minimum atomic E-state index is -0.125. The third-order valence-electron chi connectivity index (χ3n) is 2.51. The van der Waals surface area contributed by atoms with Gasteiger partial charge in [0.2, 0.25) is 0 Å². The van der Waals surface area contributed by atoms with Gasteiger partial charge in [-0.05, 0) is 12.1 Å². The van der Waals surface area contributed by atoms with E-state index in [0.29, 0.717) is 10.5 Å². The fraction of sp³-hybridized carbons (Fsp3) is 0. The first-order valence-corrected chi connectivity index (χ1v) is 4.93. The van der Waals surface area contributed by atoms with E-state index in [1.165, 1.54) is 0 Å². The summed E-state index contributed by atoms with van der Waals surface area (Å²) in [6.45, 7) is 0. The molecule has 3 aromatic rings. The Bertz CT molecular complexity index is 711. The van der Waals surface area contributed by atoms with Crippen molar-refractivity contribution in [2.75, 3.05) is 0 Å². The molecule has 0 amide bonds. The minimum Gasteiger partial charge on any atom is -0.349 e. The number of hydrogen-bond donors (Lipinski definition) is 2. The van der Waals surface area contributed by atoms with E-state index in [1.54, 1.807) is 12.3 Å². The van der Waals surface area contributed by atoms with Crippen molar-refractivity contribution in [2.45, 2.75) is 0 Å². The van der Waals surface area contributed by atoms with Crippen LogP contribution in [-0.4, -0.2) is 9.97 Å². The summed E-state index contributed by atoms with van der Waals surface area (Å²) in [5, 5.41) is 2.50. The fourth-order valence-corrected chi connectivity index (χ4v) is 2.05. The number of hydrogen-bond acceptors (Lipinski definition) is 1. The lowest BCUT2D eigenvalue weighted by Gasteiger charge is -1.91. The van der Waals surface area contributed by atoms with Gasteiger partial charge in [-0.1, -0.05) is 23.7 Å². The van der Waals surface area contributed by atoms with Crippen LogP contribution in [-0.2, 0) is 0 Å². The molecule has 74 valence electrons. The molecule has 1 aromatic carbocycles. The molecule has 2 N–H and O–H groups in total. The first-order valence-electron chi connectivity index (χ1n) is 4.55. The van der Waals surface area contributed by atoms with Gasteiger partial charge in [-0.15, -0.1) is 0 Å². The Balaban J connectivity index is 2.69. The molecule has 0 unspecified atom stereocenters. The topological polar surface area (TPSA) is 48.6 Å². The van der Waals surface area contributed by atoms with Gasteiger partial charge in [0, 0.05) is 17.0 Å². The first-order chi connectivity index (χ1) is 7.27. The molecule has 4 heteroatoms. The molecule has 3 nitrogen and oxygen atoms in total. The third-order valence-corrected chi connectivity index (χ3v) is 2.83. The second kappa shape index (κ2) is 2.87. The summed E-state index contributed by atoms with van der Waals surface area (Å²) in [4.78, 5) is 17.2. The van der Waals surface area contributed by atoms with Gasteiger partial charge in [0.05, 0.1) is 10.5 Å². The molecule has 15 heavy (non-hydrogen) atoms. The molecule has 0 radical (unpaired) electrons. The van der Waals surface area contributed by atoms with Gasteiger partial charge >= 0.3 is 0 Å². The van der Waals surface area contributed by atoms with Crippen molar-refractivity contribution in [3.8, 4) is 0 Å². The van der Waals surface area contributed by atoms with Crippen molar-refractivity contribution in [3.63, 3.8) is 0 Å². The number of aromatic amines is 2. The number of aromatic nitrogens is 2. The standard InChI is InChI=1S/C11H7ClN2O/c12-8-3-1-2-6-7-4-5-13-11(15)10(7)14-9(6)8/h1-5,14H,(H,13,15). The van der Waals surface area contributed by atoms with Crippen molar-refractivity contribution in [2.24, 2.45) is 0 Å². The molecule has 3 rings (SSSR count). The van der Waals surface area contributed by atoms with Crippen molar-refractivity contribution >= 4 is 33.4 Å². The normalized spacial score (nSPS) is 11.3. The zero-order valence-corrected chi connectivity index (χ0v) is 8.43. The maximum absolute atomic E-state index is 11.5. The Hall–Kier alpha value is -1.74. The SMILES string of the molecule is O=c1[nH]ccc2c1[nH]c1c(Cl)cccc12. The molecule has 0 atom stereocenters. The summed E-state index contributed by atoms with van der Waals surface area (Å²) >= 11 is 6.04. The van der Waals surface area contributed by atoms with Gasteiger partial charge in [-0.2, -0.15) is 0 Å². The fourth-order valence-electron chi connectivity index (χ4n) is 1.83. The number of nitrogens with one attached hydrogen (secondary N) is 2. The van der Waals surface area contributed by atoms with Crippen LogP contribution in [0.3, 0.4) is 0 Å². The molecule has 0 aliphatic rings. The molecule has 0 aliphatic heterocycles. The average molecular weight is 219 g/mol. The molecule has 0 saturated heterocycles. The largest absolute Gasteiger partial charge is 0.349 e. The highest BCUT2D eigenvalue weighted by atomic mass is 35.5. The number of benzene rings is 1. The highest BCUT2D eigenvalue weighted by Gasteiger charge is 2.08. The highest BCUT2D eigenvalue weighted by molar-refractivity contribution is 6.36. The van der Waals surface area contributed by atoms with E-state index in [4.69, 9.17) is 11.6 Å². The monoisotopic (exact) mass is 218 g/mol. The van der Waals surface area contributed by atoms with Crippen LogP contribution in [0.4, 0.5) is 0 Å². The number of fused-ring (bicyclic) bond motifs is 3. The van der Waals surface area contributed by atoms with Crippen LogP contribution >= 0.6 is 11.6 Å². The average Bonchev–Trinajstić information content (AvgIpc) is 2.60. The van der Waals surface area contributed by atoms with Crippen LogP contribution in [0.1, 0.15) is 0 Å². The smallest absolute Gasteiger partial charge is 0.272 e. The van der Waals surface area contributed by atoms with Crippen LogP contribution < -0.4 is 5.56 Å². The van der Waals surface area contributed by atoms with Gasteiger partial charge in [-0.25, -0.2) is 0 Å². The molecule has 0 aliphatic carbocycles. The Morgan fingerprint density at radius 1 is 1.07 bits per heavy atom. The van der Waals surface area contributed by atoms with Gasteiger partial charge in [-0.3, -0.25) is 4.79 Å². The maximum Gasteiger partial charge on any atom is 0.272 e. The summed E-state index contributed by atoms with van der Waals surface area (Å²) in [6.07, 6.45) is 1.64. The molecule has 0 bridgehead atoms. The first kappa shape index (κ1) is 8.56. The molecule has 0 spiro atoms. The zero-order valence-electron chi connectivity index (χ0n) is 7.67. The Morgan fingerprint density at radius 2 is 1.87 bits per heavy atom. The number of halogens is 1. The van der Waals surface area contributed by atoms with Crippen LogP contribution in [0.5, 0.6) is 0 Å². The minimum absolute atomic E-state index is 0.125. The second-order valence-corrected chi connectivity index (χ2v) is 3.79. The quantitative estimate of drug-likeness (QED) is 0.599. The van der Waals surface area contributed by atoms with Crippen LogP contribution in [0.2, 0.25) is 5.02 Å². The number of H-pyrrole nitrogens is 2. The number of rotatable bonds is 0. The predicted octanol–water partition coefficient (Wildman–Crippen LogP) is 2.66. The third kappa shape index (κ3) is 1.10. The molecule has 2 aromatic heterocycles. The van der Waals surface area contributed by atoms with E-state index in [-0.39, 0.29) is 5.56 Å². The van der Waals surface area contributed by atoms with E-state index in [0.717, 1.165) is 16.3 Å².